The third kappa shape index (κ3) is 2.02. The molecule has 0 amide bonds. The fourth-order valence-corrected chi connectivity index (χ4v) is 1.60. The molecule has 1 saturated heterocycles. The maximum Gasteiger partial charge on any atom is 0.194 e. The van der Waals surface area contributed by atoms with Crippen molar-refractivity contribution < 1.29 is 14.3 Å². The van der Waals surface area contributed by atoms with Crippen LogP contribution in [0.15, 0.2) is 24.3 Å². The van der Waals surface area contributed by atoms with Crippen molar-refractivity contribution in [2.24, 2.45) is 0 Å². The van der Waals surface area contributed by atoms with Crippen molar-refractivity contribution in [3.63, 3.8) is 0 Å². The zero-order valence-electron chi connectivity index (χ0n) is 8.90. The van der Waals surface area contributed by atoms with E-state index in [9.17, 15) is 4.79 Å². The molecule has 1 heterocycles. The molecule has 80 valence electrons. The molecule has 0 spiro atoms. The Balaban J connectivity index is 2.06. The van der Waals surface area contributed by atoms with E-state index < -0.39 is 0 Å². The maximum atomic E-state index is 11.8. The molecule has 1 aromatic rings. The average Bonchev–Trinajstić information content (AvgIpc) is 3.07. The van der Waals surface area contributed by atoms with Gasteiger partial charge in [0.25, 0.3) is 0 Å². The number of benzene rings is 1. The summed E-state index contributed by atoms with van der Waals surface area (Å²) in [4.78, 5) is 11.8. The number of ketones is 1. The highest BCUT2D eigenvalue weighted by molar-refractivity contribution is 6.01. The number of Topliss-reactive ketones (excluding diaryl/α,β-unsaturated/α-hetero) is 1. The molecule has 1 aromatic carbocycles. The molecule has 2 rings (SSSR count). The van der Waals surface area contributed by atoms with Crippen LogP contribution in [0.1, 0.15) is 23.7 Å². The number of hydrogen-bond donors (Lipinski definition) is 0. The Hall–Kier alpha value is -1.35. The second kappa shape index (κ2) is 4.03. The lowest BCUT2D eigenvalue weighted by Gasteiger charge is -2.00. The van der Waals surface area contributed by atoms with Gasteiger partial charge in [0.2, 0.25) is 0 Å². The van der Waals surface area contributed by atoms with Gasteiger partial charge in [0.1, 0.15) is 11.9 Å². The molecule has 0 aromatic heterocycles. The number of ether oxygens (including phenoxy) is 2. The van der Waals surface area contributed by atoms with Crippen molar-refractivity contribution >= 4 is 5.78 Å². The largest absolute Gasteiger partial charge is 0.497 e. The third-order valence-electron chi connectivity index (χ3n) is 2.62. The number of hydrogen-bond acceptors (Lipinski definition) is 3. The lowest BCUT2D eigenvalue weighted by Crippen LogP contribution is -2.09. The van der Waals surface area contributed by atoms with E-state index in [0.717, 1.165) is 12.2 Å². The second-order valence-electron chi connectivity index (χ2n) is 3.60. The van der Waals surface area contributed by atoms with E-state index in [2.05, 4.69) is 0 Å². The Morgan fingerprint density at radius 1 is 1.40 bits per heavy atom. The van der Waals surface area contributed by atoms with Crippen molar-refractivity contribution in [1.29, 1.82) is 0 Å². The van der Waals surface area contributed by atoms with Crippen LogP contribution in [0.5, 0.6) is 5.75 Å². The Morgan fingerprint density at radius 3 is 2.53 bits per heavy atom. The molecule has 0 aliphatic carbocycles. The fourth-order valence-electron chi connectivity index (χ4n) is 1.60. The summed E-state index contributed by atoms with van der Waals surface area (Å²) in [5.74, 6) is 0.833. The summed E-state index contributed by atoms with van der Waals surface area (Å²) in [6.07, 6.45) is 0.801. The first-order chi connectivity index (χ1) is 7.26. The van der Waals surface area contributed by atoms with Gasteiger partial charge in [-0.3, -0.25) is 4.79 Å². The van der Waals surface area contributed by atoms with E-state index in [1.54, 1.807) is 31.4 Å². The van der Waals surface area contributed by atoms with Gasteiger partial charge in [-0.1, -0.05) is 6.92 Å². The number of epoxide rings is 1. The van der Waals surface area contributed by atoms with Crippen LogP contribution < -0.4 is 4.74 Å². The number of carbonyl (C=O) groups is 1. The van der Waals surface area contributed by atoms with Gasteiger partial charge in [-0.2, -0.15) is 0 Å². The average molecular weight is 206 g/mol. The van der Waals surface area contributed by atoms with Crippen molar-refractivity contribution in [3.8, 4) is 5.75 Å². The summed E-state index contributed by atoms with van der Waals surface area (Å²) >= 11 is 0. The van der Waals surface area contributed by atoms with Gasteiger partial charge in [-0.05, 0) is 30.7 Å². The standard InChI is InChI=1S/C12H14O3/c1-3-10-12(15-10)11(13)8-4-6-9(14-2)7-5-8/h4-7,10,12H,3H2,1-2H3/t10-,12+/m1/s1. The molecular weight excluding hydrogens is 192 g/mol. The van der Waals surface area contributed by atoms with E-state index in [4.69, 9.17) is 9.47 Å². The van der Waals surface area contributed by atoms with Crippen LogP contribution >= 0.6 is 0 Å². The van der Waals surface area contributed by atoms with E-state index >= 15 is 0 Å². The molecule has 1 aliphatic rings. The van der Waals surface area contributed by atoms with Gasteiger partial charge >= 0.3 is 0 Å². The number of methoxy groups -OCH3 is 1. The summed E-state index contributed by atoms with van der Waals surface area (Å²) in [7, 11) is 1.61. The molecule has 0 saturated carbocycles. The molecule has 1 aliphatic heterocycles. The molecule has 0 unspecified atom stereocenters. The normalized spacial score (nSPS) is 23.6. The van der Waals surface area contributed by atoms with Gasteiger partial charge in [0.15, 0.2) is 5.78 Å². The Morgan fingerprint density at radius 2 is 2.07 bits per heavy atom. The van der Waals surface area contributed by atoms with Crippen LogP contribution in [0.3, 0.4) is 0 Å². The molecule has 0 radical (unpaired) electrons. The maximum absolute atomic E-state index is 11.8. The van der Waals surface area contributed by atoms with Crippen LogP contribution in [-0.4, -0.2) is 25.1 Å². The fraction of sp³-hybridized carbons (Fsp3) is 0.417. The predicted molar refractivity (Wildman–Crippen MR) is 56.3 cm³/mol. The first-order valence-electron chi connectivity index (χ1n) is 5.10. The lowest BCUT2D eigenvalue weighted by atomic mass is 10.1. The van der Waals surface area contributed by atoms with Gasteiger partial charge in [-0.25, -0.2) is 0 Å². The highest BCUT2D eigenvalue weighted by Crippen LogP contribution is 2.28. The molecule has 2 atom stereocenters. The monoisotopic (exact) mass is 206 g/mol. The Labute approximate surface area is 89.0 Å². The van der Waals surface area contributed by atoms with Crippen molar-refractivity contribution in [1.82, 2.24) is 0 Å². The SMILES string of the molecule is CC[C@H]1O[C@@H]1C(=O)c1ccc(OC)cc1. The van der Waals surface area contributed by atoms with Gasteiger partial charge in [0, 0.05) is 5.56 Å². The molecule has 3 heteroatoms. The Kier molecular flexibility index (Phi) is 2.73. The second-order valence-corrected chi connectivity index (χ2v) is 3.60. The molecule has 0 bridgehead atoms. The summed E-state index contributed by atoms with van der Waals surface area (Å²) in [6, 6.07) is 7.12. The van der Waals surface area contributed by atoms with Crippen LogP contribution in [-0.2, 0) is 4.74 Å². The minimum Gasteiger partial charge on any atom is -0.497 e. The smallest absolute Gasteiger partial charge is 0.194 e. The molecule has 15 heavy (non-hydrogen) atoms. The van der Waals surface area contributed by atoms with Crippen molar-refractivity contribution in [3.05, 3.63) is 29.8 Å². The van der Waals surface area contributed by atoms with Crippen LogP contribution in [0.2, 0.25) is 0 Å². The highest BCUT2D eigenvalue weighted by atomic mass is 16.6. The van der Waals surface area contributed by atoms with E-state index in [1.165, 1.54) is 0 Å². The quantitative estimate of drug-likeness (QED) is 0.559. The lowest BCUT2D eigenvalue weighted by molar-refractivity contribution is 0.0953. The van der Waals surface area contributed by atoms with Crippen molar-refractivity contribution in [2.75, 3.05) is 7.11 Å². The van der Waals surface area contributed by atoms with Crippen LogP contribution in [0.4, 0.5) is 0 Å². The minimum atomic E-state index is -0.219. The van der Waals surface area contributed by atoms with Gasteiger partial charge in [-0.15, -0.1) is 0 Å². The highest BCUT2D eigenvalue weighted by Gasteiger charge is 2.43. The molecule has 1 fully saturated rings. The molecular formula is C12H14O3. The van der Waals surface area contributed by atoms with E-state index in [0.29, 0.717) is 5.56 Å². The van der Waals surface area contributed by atoms with E-state index in [-0.39, 0.29) is 18.0 Å². The van der Waals surface area contributed by atoms with Crippen molar-refractivity contribution in [2.45, 2.75) is 25.6 Å². The number of rotatable bonds is 4. The first kappa shape index (κ1) is 10.2. The summed E-state index contributed by atoms with van der Waals surface area (Å²) in [5.41, 5.74) is 0.691. The predicted octanol–water partition coefficient (Wildman–Crippen LogP) is 2.06. The third-order valence-corrected chi connectivity index (χ3v) is 2.62. The Bertz CT molecular complexity index is 356. The summed E-state index contributed by atoms with van der Waals surface area (Å²) in [6.45, 7) is 2.02. The summed E-state index contributed by atoms with van der Waals surface area (Å²) < 4.78 is 10.3. The topological polar surface area (TPSA) is 38.8 Å². The summed E-state index contributed by atoms with van der Waals surface area (Å²) in [5, 5.41) is 0. The van der Waals surface area contributed by atoms with E-state index in [1.807, 2.05) is 6.92 Å². The van der Waals surface area contributed by atoms with Crippen LogP contribution in [0.25, 0.3) is 0 Å². The minimum absolute atomic E-state index is 0.0736. The zero-order valence-corrected chi connectivity index (χ0v) is 8.90. The number of carbonyl (C=O) groups excluding carboxylic acids is 1. The van der Waals surface area contributed by atoms with Crippen LogP contribution in [0, 0.1) is 0 Å². The molecule has 3 nitrogen and oxygen atoms in total. The zero-order chi connectivity index (χ0) is 10.8. The first-order valence-corrected chi connectivity index (χ1v) is 5.10. The molecule has 0 N–H and O–H groups in total. The van der Waals surface area contributed by atoms with Gasteiger partial charge in [0.05, 0.1) is 13.2 Å². The van der Waals surface area contributed by atoms with Gasteiger partial charge < -0.3 is 9.47 Å².